The summed E-state index contributed by atoms with van der Waals surface area (Å²) in [6.45, 7) is 6.25. The van der Waals surface area contributed by atoms with E-state index in [0.717, 1.165) is 27.8 Å². The highest BCUT2D eigenvalue weighted by Gasteiger charge is 2.17. The van der Waals surface area contributed by atoms with Crippen LogP contribution in [0.25, 0.3) is 10.9 Å². The number of anilines is 2. The number of hydrogen-bond donors (Lipinski definition) is 1. The fourth-order valence-corrected chi connectivity index (χ4v) is 2.66. The first kappa shape index (κ1) is 16.0. The van der Waals surface area contributed by atoms with Gasteiger partial charge in [-0.25, -0.2) is 4.79 Å². The zero-order valence-electron chi connectivity index (χ0n) is 14.1. The average Bonchev–Trinajstić information content (AvgIpc) is 2.59. The van der Waals surface area contributed by atoms with Crippen molar-refractivity contribution in [2.24, 2.45) is 0 Å². The summed E-state index contributed by atoms with van der Waals surface area (Å²) in [5.41, 5.74) is 5.31. The largest absolute Gasteiger partial charge is 0.462 e. The maximum absolute atomic E-state index is 12.3. The van der Waals surface area contributed by atoms with Gasteiger partial charge >= 0.3 is 5.97 Å². The number of nitrogens with zero attached hydrogens (tertiary/aromatic N) is 1. The van der Waals surface area contributed by atoms with Gasteiger partial charge in [-0.3, -0.25) is 4.98 Å². The summed E-state index contributed by atoms with van der Waals surface area (Å²) in [6, 6.07) is 13.8. The smallest absolute Gasteiger partial charge is 0.341 e. The molecule has 1 N–H and O–H groups in total. The topological polar surface area (TPSA) is 51.2 Å². The standard InChI is InChI=1S/C20H20N2O2/c1-4-24-20(23)16-12-21-18-10-6-5-9-15(18)19(16)22-17-11-7-8-13(2)14(17)3/h5-12H,4H2,1-3H3,(H,21,22). The molecular formula is C20H20N2O2. The van der Waals surface area contributed by atoms with Crippen molar-refractivity contribution < 1.29 is 9.53 Å². The first-order chi connectivity index (χ1) is 11.6. The van der Waals surface area contributed by atoms with Crippen LogP contribution in [0, 0.1) is 13.8 Å². The van der Waals surface area contributed by atoms with Crippen molar-refractivity contribution in [2.45, 2.75) is 20.8 Å². The van der Waals surface area contributed by atoms with E-state index >= 15 is 0 Å². The summed E-state index contributed by atoms with van der Waals surface area (Å²) in [7, 11) is 0. The van der Waals surface area contributed by atoms with Gasteiger partial charge in [-0.1, -0.05) is 30.3 Å². The zero-order chi connectivity index (χ0) is 17.1. The molecular weight excluding hydrogens is 300 g/mol. The fraction of sp³-hybridized carbons (Fsp3) is 0.200. The van der Waals surface area contributed by atoms with Crippen molar-refractivity contribution in [3.05, 3.63) is 65.4 Å². The Bertz CT molecular complexity index is 903. The van der Waals surface area contributed by atoms with Gasteiger partial charge in [0.1, 0.15) is 5.56 Å². The van der Waals surface area contributed by atoms with E-state index in [0.29, 0.717) is 12.2 Å². The minimum Gasteiger partial charge on any atom is -0.462 e. The monoisotopic (exact) mass is 320 g/mol. The lowest BCUT2D eigenvalue weighted by Gasteiger charge is -2.16. The predicted molar refractivity (Wildman–Crippen MR) is 96.9 cm³/mol. The number of hydrogen-bond acceptors (Lipinski definition) is 4. The molecule has 0 aliphatic rings. The number of nitrogens with one attached hydrogen (secondary N) is 1. The third kappa shape index (κ3) is 2.95. The van der Waals surface area contributed by atoms with E-state index in [4.69, 9.17) is 4.74 Å². The van der Waals surface area contributed by atoms with Crippen molar-refractivity contribution >= 4 is 28.2 Å². The molecule has 3 rings (SSSR count). The van der Waals surface area contributed by atoms with Gasteiger partial charge < -0.3 is 10.1 Å². The van der Waals surface area contributed by atoms with Crippen molar-refractivity contribution in [2.75, 3.05) is 11.9 Å². The number of para-hydroxylation sites is 1. The Labute approximate surface area is 141 Å². The Morgan fingerprint density at radius 3 is 2.71 bits per heavy atom. The van der Waals surface area contributed by atoms with Gasteiger partial charge in [0.2, 0.25) is 0 Å². The van der Waals surface area contributed by atoms with Gasteiger partial charge in [-0.15, -0.1) is 0 Å². The number of rotatable bonds is 4. The third-order valence-corrected chi connectivity index (χ3v) is 4.14. The zero-order valence-corrected chi connectivity index (χ0v) is 14.1. The summed E-state index contributed by atoms with van der Waals surface area (Å²) in [5.74, 6) is -0.372. The molecule has 2 aromatic carbocycles. The highest BCUT2D eigenvalue weighted by atomic mass is 16.5. The number of ether oxygens (including phenoxy) is 1. The molecule has 0 fully saturated rings. The molecule has 4 nitrogen and oxygen atoms in total. The molecule has 3 aromatic rings. The highest BCUT2D eigenvalue weighted by Crippen LogP contribution is 2.31. The highest BCUT2D eigenvalue weighted by molar-refractivity contribution is 6.06. The molecule has 0 spiro atoms. The molecule has 0 saturated carbocycles. The Morgan fingerprint density at radius 2 is 1.92 bits per heavy atom. The summed E-state index contributed by atoms with van der Waals surface area (Å²) in [4.78, 5) is 16.7. The van der Waals surface area contributed by atoms with Gasteiger partial charge in [0, 0.05) is 17.3 Å². The third-order valence-electron chi connectivity index (χ3n) is 4.14. The number of carbonyl (C=O) groups excluding carboxylic acids is 1. The number of aryl methyl sites for hydroxylation is 1. The normalized spacial score (nSPS) is 10.6. The lowest BCUT2D eigenvalue weighted by atomic mass is 10.1. The number of fused-ring (bicyclic) bond motifs is 1. The molecule has 0 aliphatic heterocycles. The number of pyridine rings is 1. The van der Waals surface area contributed by atoms with Crippen LogP contribution in [-0.4, -0.2) is 17.6 Å². The van der Waals surface area contributed by atoms with E-state index in [1.807, 2.05) is 36.4 Å². The maximum atomic E-state index is 12.3. The molecule has 0 saturated heterocycles. The van der Waals surface area contributed by atoms with E-state index in [-0.39, 0.29) is 5.97 Å². The van der Waals surface area contributed by atoms with Gasteiger partial charge in [-0.2, -0.15) is 0 Å². The van der Waals surface area contributed by atoms with Crippen LogP contribution in [0.4, 0.5) is 11.4 Å². The molecule has 0 aliphatic carbocycles. The molecule has 0 atom stereocenters. The van der Waals surface area contributed by atoms with Crippen molar-refractivity contribution in [1.29, 1.82) is 0 Å². The van der Waals surface area contributed by atoms with Crippen LogP contribution in [0.1, 0.15) is 28.4 Å². The van der Waals surface area contributed by atoms with Crippen LogP contribution in [0.5, 0.6) is 0 Å². The Kier molecular flexibility index (Phi) is 4.47. The van der Waals surface area contributed by atoms with E-state index < -0.39 is 0 Å². The van der Waals surface area contributed by atoms with Gasteiger partial charge in [-0.05, 0) is 44.0 Å². The number of aromatic nitrogens is 1. The average molecular weight is 320 g/mol. The summed E-state index contributed by atoms with van der Waals surface area (Å²) < 4.78 is 5.19. The molecule has 122 valence electrons. The minimum atomic E-state index is -0.372. The first-order valence-corrected chi connectivity index (χ1v) is 8.00. The van der Waals surface area contributed by atoms with Crippen LogP contribution < -0.4 is 5.32 Å². The lowest BCUT2D eigenvalue weighted by molar-refractivity contribution is 0.0527. The molecule has 1 heterocycles. The van der Waals surface area contributed by atoms with E-state index in [2.05, 4.69) is 30.2 Å². The second-order valence-corrected chi connectivity index (χ2v) is 5.66. The number of esters is 1. The molecule has 0 amide bonds. The molecule has 0 bridgehead atoms. The second-order valence-electron chi connectivity index (χ2n) is 5.66. The van der Waals surface area contributed by atoms with Crippen molar-refractivity contribution in [3.8, 4) is 0 Å². The van der Waals surface area contributed by atoms with Crippen LogP contribution in [0.3, 0.4) is 0 Å². The minimum absolute atomic E-state index is 0.328. The Balaban J connectivity index is 2.17. The van der Waals surface area contributed by atoms with Gasteiger partial charge in [0.05, 0.1) is 17.8 Å². The molecule has 0 unspecified atom stereocenters. The predicted octanol–water partition coefficient (Wildman–Crippen LogP) is 4.77. The van der Waals surface area contributed by atoms with Crippen molar-refractivity contribution in [3.63, 3.8) is 0 Å². The number of carbonyl (C=O) groups is 1. The second kappa shape index (κ2) is 6.71. The quantitative estimate of drug-likeness (QED) is 0.703. The maximum Gasteiger partial charge on any atom is 0.341 e. The molecule has 0 radical (unpaired) electrons. The lowest BCUT2D eigenvalue weighted by Crippen LogP contribution is -2.09. The van der Waals surface area contributed by atoms with E-state index in [9.17, 15) is 4.79 Å². The summed E-state index contributed by atoms with van der Waals surface area (Å²) >= 11 is 0. The number of benzene rings is 2. The van der Waals surface area contributed by atoms with Crippen LogP contribution >= 0.6 is 0 Å². The fourth-order valence-electron chi connectivity index (χ4n) is 2.66. The molecule has 1 aromatic heterocycles. The Morgan fingerprint density at radius 1 is 1.12 bits per heavy atom. The van der Waals surface area contributed by atoms with Gasteiger partial charge in [0.15, 0.2) is 0 Å². The summed E-state index contributed by atoms with van der Waals surface area (Å²) in [5, 5.41) is 4.32. The van der Waals surface area contributed by atoms with Crippen molar-refractivity contribution in [1.82, 2.24) is 4.98 Å². The van der Waals surface area contributed by atoms with Crippen LogP contribution in [0.15, 0.2) is 48.7 Å². The Hall–Kier alpha value is -2.88. The van der Waals surface area contributed by atoms with Crippen LogP contribution in [0.2, 0.25) is 0 Å². The molecule has 24 heavy (non-hydrogen) atoms. The van der Waals surface area contributed by atoms with E-state index in [1.54, 1.807) is 13.1 Å². The van der Waals surface area contributed by atoms with Crippen LogP contribution in [-0.2, 0) is 4.74 Å². The first-order valence-electron chi connectivity index (χ1n) is 8.00. The SMILES string of the molecule is CCOC(=O)c1cnc2ccccc2c1Nc1cccc(C)c1C. The van der Waals surface area contributed by atoms with E-state index in [1.165, 1.54) is 5.56 Å². The van der Waals surface area contributed by atoms with Gasteiger partial charge in [0.25, 0.3) is 0 Å². The summed E-state index contributed by atoms with van der Waals surface area (Å²) in [6.07, 6.45) is 1.58. The molecule has 4 heteroatoms.